The lowest BCUT2D eigenvalue weighted by molar-refractivity contribution is -0.142. The molecule has 0 aromatic heterocycles. The van der Waals surface area contributed by atoms with Gasteiger partial charge in [0.1, 0.15) is 6.61 Å². The van der Waals surface area contributed by atoms with E-state index in [0.29, 0.717) is 37.9 Å². The Morgan fingerprint density at radius 2 is 1.73 bits per heavy atom. The van der Waals surface area contributed by atoms with E-state index in [-0.39, 0.29) is 74.2 Å². The van der Waals surface area contributed by atoms with Crippen LogP contribution in [0.1, 0.15) is 77.7 Å². The van der Waals surface area contributed by atoms with E-state index >= 15 is 0 Å². The number of primary amides is 1. The lowest BCUT2D eigenvalue weighted by Crippen LogP contribution is -2.45. The van der Waals surface area contributed by atoms with Crippen molar-refractivity contribution in [1.82, 2.24) is 15.5 Å². The minimum absolute atomic E-state index is 0.104. The Kier molecular flexibility index (Phi) is 15.5. The number of Topliss-reactive ketones (excluding diaryl/α,β-unsaturated/α-hetero) is 1. The Labute approximate surface area is 269 Å². The van der Waals surface area contributed by atoms with Crippen molar-refractivity contribution in [2.75, 3.05) is 18.4 Å². The Morgan fingerprint density at radius 3 is 2.31 bits per heavy atom. The first-order valence-electron chi connectivity index (χ1n) is 15.2. The molecule has 1 aliphatic heterocycles. The second kappa shape index (κ2) is 18.8. The largest absolute Gasteiger partial charge is 0.461 e. The molecule has 1 aromatic carbocycles. The van der Waals surface area contributed by atoms with Crippen LogP contribution in [-0.4, -0.2) is 70.7 Å². The molecule has 0 saturated carbocycles. The summed E-state index contributed by atoms with van der Waals surface area (Å²) < 4.78 is 4.97. The third-order valence-corrected chi connectivity index (χ3v) is 7.75. The fraction of sp³-hybridized carbons (Fsp3) is 0.581. The van der Waals surface area contributed by atoms with Gasteiger partial charge in [-0.2, -0.15) is 12.6 Å². The van der Waals surface area contributed by atoms with Crippen molar-refractivity contribution in [3.8, 4) is 0 Å². The van der Waals surface area contributed by atoms with Gasteiger partial charge in [-0.15, -0.1) is 0 Å². The zero-order chi connectivity index (χ0) is 33.5. The molecule has 1 heterocycles. The van der Waals surface area contributed by atoms with E-state index in [0.717, 1.165) is 5.56 Å². The molecule has 5 N–H and O–H groups in total. The first kappa shape index (κ1) is 37.2. The zero-order valence-corrected chi connectivity index (χ0v) is 27.0. The Bertz CT molecular complexity index is 1220. The molecule has 1 aliphatic rings. The van der Waals surface area contributed by atoms with Crippen molar-refractivity contribution in [3.05, 3.63) is 29.8 Å². The average Bonchev–Trinajstić information content (AvgIpc) is 3.21. The summed E-state index contributed by atoms with van der Waals surface area (Å²) in [5, 5.41) is 7.52. The highest BCUT2D eigenvalue weighted by molar-refractivity contribution is 7.81. The number of ether oxygens (including phenoxy) is 1. The third kappa shape index (κ3) is 13.3. The number of rotatable bonds is 19. The van der Waals surface area contributed by atoms with Crippen molar-refractivity contribution in [2.24, 2.45) is 17.6 Å². The van der Waals surface area contributed by atoms with E-state index in [2.05, 4.69) is 28.6 Å². The summed E-state index contributed by atoms with van der Waals surface area (Å²) in [5.74, 6) is -2.86. The minimum atomic E-state index is -0.802. The molecule has 14 heteroatoms. The van der Waals surface area contributed by atoms with Gasteiger partial charge in [0.25, 0.3) is 0 Å². The number of anilines is 1. The number of hydrogen-bond acceptors (Lipinski definition) is 9. The number of likely N-dealkylation sites (tertiary alicyclic amines) is 1. The third-order valence-electron chi connectivity index (χ3n) is 7.35. The molecule has 0 spiro atoms. The summed E-state index contributed by atoms with van der Waals surface area (Å²) in [6, 6.07) is 5.27. The van der Waals surface area contributed by atoms with Gasteiger partial charge in [-0.05, 0) is 49.3 Å². The number of unbranched alkanes of at least 4 members (excludes halogenated alkanes) is 2. The number of nitrogens with one attached hydrogen (secondary N) is 3. The topological polar surface area (TPSA) is 194 Å². The van der Waals surface area contributed by atoms with E-state index in [1.807, 2.05) is 13.8 Å². The van der Waals surface area contributed by atoms with Crippen molar-refractivity contribution in [1.29, 1.82) is 0 Å². The number of amides is 6. The number of hydrogen-bond donors (Lipinski definition) is 5. The molecule has 248 valence electrons. The summed E-state index contributed by atoms with van der Waals surface area (Å²) in [7, 11) is 0. The van der Waals surface area contributed by atoms with Crippen molar-refractivity contribution in [2.45, 2.75) is 90.0 Å². The van der Waals surface area contributed by atoms with Gasteiger partial charge >= 0.3 is 12.0 Å². The molecule has 2 rings (SSSR count). The highest BCUT2D eigenvalue weighted by Crippen LogP contribution is 2.21. The lowest BCUT2D eigenvalue weighted by atomic mass is 9.89. The summed E-state index contributed by atoms with van der Waals surface area (Å²) >= 11 is 4.11. The average molecular weight is 648 g/mol. The smallest absolute Gasteiger partial charge is 0.312 e. The highest BCUT2D eigenvalue weighted by Gasteiger charge is 2.35. The van der Waals surface area contributed by atoms with Crippen LogP contribution in [0, 0.1) is 11.8 Å². The molecule has 1 fully saturated rings. The fourth-order valence-electron chi connectivity index (χ4n) is 4.87. The standard InChI is InChI=1S/C31H45N5O8S/c1-19(2)28(35-26(39)9-5-4-6-15-36-27(40)17-25(45)30(36)42)24(38)16-22(8-7-14-33-31(32)43)29(41)34-23-12-10-21(11-13-23)18-44-20(3)37/h10-13,19,22,25,28,45H,4-9,14-18H2,1-3H3,(H,34,41)(H,35,39)(H3,32,33,43)/t22-,25+,28+/m1/s1. The lowest BCUT2D eigenvalue weighted by Gasteiger charge is -2.24. The molecular weight excluding hydrogens is 602 g/mol. The molecule has 0 bridgehead atoms. The van der Waals surface area contributed by atoms with Crippen LogP contribution in [0.3, 0.4) is 0 Å². The van der Waals surface area contributed by atoms with Crippen molar-refractivity contribution < 1.29 is 38.3 Å². The fourth-order valence-corrected chi connectivity index (χ4v) is 5.16. The van der Waals surface area contributed by atoms with E-state index in [1.54, 1.807) is 24.3 Å². The van der Waals surface area contributed by atoms with Crippen molar-refractivity contribution >= 4 is 59.7 Å². The molecule has 3 atom stereocenters. The Balaban J connectivity index is 1.93. The van der Waals surface area contributed by atoms with Crippen LogP contribution in [-0.2, 0) is 40.1 Å². The van der Waals surface area contributed by atoms with Crippen LogP contribution in [0.5, 0.6) is 0 Å². The second-order valence-corrected chi connectivity index (χ2v) is 12.1. The highest BCUT2D eigenvalue weighted by atomic mass is 32.1. The van der Waals surface area contributed by atoms with Crippen LogP contribution in [0.25, 0.3) is 0 Å². The van der Waals surface area contributed by atoms with Crippen LogP contribution in [0.4, 0.5) is 10.5 Å². The van der Waals surface area contributed by atoms with Gasteiger partial charge in [-0.3, -0.25) is 33.7 Å². The molecule has 1 aromatic rings. The number of ketones is 1. The molecule has 1 saturated heterocycles. The molecule has 0 unspecified atom stereocenters. The first-order chi connectivity index (χ1) is 21.3. The summed E-state index contributed by atoms with van der Waals surface area (Å²) in [6.07, 6.45) is 2.54. The van der Waals surface area contributed by atoms with Crippen molar-refractivity contribution in [3.63, 3.8) is 0 Å². The summed E-state index contributed by atoms with van der Waals surface area (Å²) in [6.45, 7) is 5.57. The number of nitrogens with zero attached hydrogens (tertiary/aromatic N) is 1. The van der Waals surface area contributed by atoms with Gasteiger partial charge in [0.15, 0.2) is 5.78 Å². The number of benzene rings is 1. The van der Waals surface area contributed by atoms with E-state index in [9.17, 15) is 33.6 Å². The number of urea groups is 1. The van der Waals surface area contributed by atoms with Crippen LogP contribution in [0.15, 0.2) is 24.3 Å². The SMILES string of the molecule is CC(=O)OCc1ccc(NC(=O)[C@H](CCCNC(N)=O)CC(=O)[C@@H](NC(=O)CCCCCN2C(=O)C[C@H](S)C2=O)C(C)C)cc1. The first-order valence-corrected chi connectivity index (χ1v) is 15.7. The number of thiol groups is 1. The van der Waals surface area contributed by atoms with Gasteiger partial charge in [-0.25, -0.2) is 4.79 Å². The van der Waals surface area contributed by atoms with Gasteiger partial charge in [0.2, 0.25) is 23.6 Å². The van der Waals surface area contributed by atoms with Crippen LogP contribution < -0.4 is 21.7 Å². The van der Waals surface area contributed by atoms with Gasteiger partial charge in [0, 0.05) is 50.9 Å². The minimum Gasteiger partial charge on any atom is -0.461 e. The van der Waals surface area contributed by atoms with Gasteiger partial charge in [-0.1, -0.05) is 32.4 Å². The monoisotopic (exact) mass is 647 g/mol. The quantitative estimate of drug-likeness (QED) is 0.0654. The normalized spacial score (nSPS) is 15.8. The molecule has 13 nitrogen and oxygen atoms in total. The number of imide groups is 1. The maximum absolute atomic E-state index is 13.4. The van der Waals surface area contributed by atoms with Gasteiger partial charge in [0.05, 0.1) is 11.3 Å². The Hall–Kier alpha value is -3.94. The molecule has 0 aliphatic carbocycles. The predicted octanol–water partition coefficient (Wildman–Crippen LogP) is 2.47. The maximum atomic E-state index is 13.4. The second-order valence-electron chi connectivity index (χ2n) is 11.5. The van der Waals surface area contributed by atoms with E-state index in [4.69, 9.17) is 10.5 Å². The number of esters is 1. The summed E-state index contributed by atoms with van der Waals surface area (Å²) in [4.78, 5) is 86.6. The molecule has 0 radical (unpaired) electrons. The summed E-state index contributed by atoms with van der Waals surface area (Å²) in [5.41, 5.74) is 6.37. The zero-order valence-electron chi connectivity index (χ0n) is 26.1. The van der Waals surface area contributed by atoms with E-state index < -0.39 is 29.2 Å². The molecular formula is C31H45N5O8S. The number of carbonyl (C=O) groups excluding carboxylic acids is 7. The van der Waals surface area contributed by atoms with E-state index in [1.165, 1.54) is 11.8 Å². The maximum Gasteiger partial charge on any atom is 0.312 e. The molecule has 6 amide bonds. The van der Waals surface area contributed by atoms with Crippen LogP contribution in [0.2, 0.25) is 0 Å². The Morgan fingerprint density at radius 1 is 1.04 bits per heavy atom. The van der Waals surface area contributed by atoms with Crippen LogP contribution >= 0.6 is 12.6 Å². The predicted molar refractivity (Wildman–Crippen MR) is 170 cm³/mol. The number of carbonyl (C=O) groups is 7. The number of nitrogens with two attached hydrogens (primary N) is 1. The molecule has 45 heavy (non-hydrogen) atoms. The van der Waals surface area contributed by atoms with Gasteiger partial charge < -0.3 is 26.4 Å².